The third kappa shape index (κ3) is 8.76. The van der Waals surface area contributed by atoms with Crippen LogP contribution >= 0.6 is 0 Å². The Kier molecular flexibility index (Phi) is 13.7. The number of Topliss-reactive ketones (excluding diaryl/α,β-unsaturated/α-hetero) is 1. The summed E-state index contributed by atoms with van der Waals surface area (Å²) in [7, 11) is 0. The number of hydrogen-bond acceptors (Lipinski definition) is 14. The second kappa shape index (κ2) is 15.9. The van der Waals surface area contributed by atoms with Gasteiger partial charge in [0.15, 0.2) is 12.6 Å². The van der Waals surface area contributed by atoms with Crippen molar-refractivity contribution in [2.45, 2.75) is 173 Å². The fourth-order valence-corrected chi connectivity index (χ4v) is 7.64. The second-order valence-corrected chi connectivity index (χ2v) is 15.2. The molecular weight excluding hydrogens is 632 g/mol. The third-order valence-electron chi connectivity index (χ3n) is 10.9. The first kappa shape index (κ1) is 41.1. The number of aliphatic hydroxyl groups excluding tert-OH is 5. The Hall–Kier alpha value is -1.30. The average molecular weight is 693 g/mol. The molecule has 0 spiro atoms. The highest BCUT2D eigenvalue weighted by atomic mass is 16.7. The van der Waals surface area contributed by atoms with Crippen LogP contribution in [0.4, 0.5) is 0 Å². The molecule has 0 radical (unpaired) electrons. The Labute approximate surface area is 283 Å². The largest absolute Gasteiger partial charge is 0.462 e. The summed E-state index contributed by atoms with van der Waals surface area (Å²) < 4.78 is 30.3. The van der Waals surface area contributed by atoms with Crippen LogP contribution in [0, 0.1) is 29.6 Å². The van der Waals surface area contributed by atoms with Crippen molar-refractivity contribution in [3.8, 4) is 0 Å². The quantitative estimate of drug-likeness (QED) is 0.194. The first-order valence-electron chi connectivity index (χ1n) is 17.3. The van der Waals surface area contributed by atoms with Gasteiger partial charge in [-0.15, -0.1) is 0 Å². The molecule has 3 saturated heterocycles. The average Bonchev–Trinajstić information content (AvgIpc) is 3.01. The molecular formula is C34H60O14. The van der Waals surface area contributed by atoms with Crippen LogP contribution in [0.1, 0.15) is 88.5 Å². The van der Waals surface area contributed by atoms with Gasteiger partial charge in [0.2, 0.25) is 0 Å². The minimum Gasteiger partial charge on any atom is -0.462 e. The summed E-state index contributed by atoms with van der Waals surface area (Å²) >= 11 is 0. The summed E-state index contributed by atoms with van der Waals surface area (Å²) in [5, 5.41) is 76.5. The van der Waals surface area contributed by atoms with Gasteiger partial charge < -0.3 is 59.4 Å². The topological polar surface area (TPSA) is 222 Å². The van der Waals surface area contributed by atoms with Crippen molar-refractivity contribution in [3.63, 3.8) is 0 Å². The first-order chi connectivity index (χ1) is 22.0. The van der Waals surface area contributed by atoms with Crippen LogP contribution < -0.4 is 0 Å². The van der Waals surface area contributed by atoms with Crippen molar-refractivity contribution in [3.05, 3.63) is 0 Å². The van der Waals surface area contributed by atoms with E-state index in [1.807, 2.05) is 0 Å². The van der Waals surface area contributed by atoms with Crippen LogP contribution in [0.25, 0.3) is 0 Å². The van der Waals surface area contributed by atoms with Crippen LogP contribution in [-0.2, 0) is 33.3 Å². The van der Waals surface area contributed by atoms with Crippen molar-refractivity contribution in [1.82, 2.24) is 0 Å². The molecule has 3 aliphatic heterocycles. The van der Waals surface area contributed by atoms with E-state index in [4.69, 9.17) is 23.7 Å². The third-order valence-corrected chi connectivity index (χ3v) is 10.9. The Morgan fingerprint density at radius 3 is 1.90 bits per heavy atom. The zero-order valence-corrected chi connectivity index (χ0v) is 29.9. The van der Waals surface area contributed by atoms with Crippen molar-refractivity contribution in [2.24, 2.45) is 29.6 Å². The summed E-state index contributed by atoms with van der Waals surface area (Å²) in [5.74, 6) is -5.29. The number of hydrogen-bond donors (Lipinski definition) is 7. The van der Waals surface area contributed by atoms with Gasteiger partial charge in [-0.3, -0.25) is 9.59 Å². The minimum absolute atomic E-state index is 0.165. The number of ether oxygens (including phenoxy) is 5. The predicted molar refractivity (Wildman–Crippen MR) is 170 cm³/mol. The Balaban J connectivity index is 2.14. The number of carbonyl (C=O) groups is 2. The number of ketones is 1. The molecule has 0 saturated carbocycles. The Morgan fingerprint density at radius 2 is 1.33 bits per heavy atom. The van der Waals surface area contributed by atoms with Crippen molar-refractivity contribution in [2.75, 3.05) is 0 Å². The normalized spacial score (nSPS) is 52.0. The zero-order valence-electron chi connectivity index (χ0n) is 29.9. The van der Waals surface area contributed by atoms with Gasteiger partial charge in [0, 0.05) is 30.1 Å². The van der Waals surface area contributed by atoms with E-state index in [0.717, 1.165) is 0 Å². The summed E-state index contributed by atoms with van der Waals surface area (Å²) in [5.41, 5.74) is -3.47. The van der Waals surface area contributed by atoms with Crippen LogP contribution in [0.2, 0.25) is 0 Å². The summed E-state index contributed by atoms with van der Waals surface area (Å²) in [4.78, 5) is 27.5. The number of carbonyl (C=O) groups excluding carboxylic acids is 2. The van der Waals surface area contributed by atoms with Crippen molar-refractivity contribution >= 4 is 11.8 Å². The van der Waals surface area contributed by atoms with E-state index in [9.17, 15) is 45.3 Å². The van der Waals surface area contributed by atoms with Crippen molar-refractivity contribution < 1.29 is 69.0 Å². The number of rotatable bonds is 5. The molecule has 0 aromatic carbocycles. The van der Waals surface area contributed by atoms with E-state index in [2.05, 4.69) is 0 Å². The van der Waals surface area contributed by atoms with Crippen molar-refractivity contribution in [1.29, 1.82) is 0 Å². The van der Waals surface area contributed by atoms with E-state index < -0.39 is 120 Å². The molecule has 14 heteroatoms. The molecule has 3 aliphatic rings. The predicted octanol–water partition coefficient (Wildman–Crippen LogP) is 0.418. The number of esters is 1. The standard InChI is InChI=1S/C34H60O14/c1-11-21-15(3)24(36)16(4)23(35)14(2)12-34(10,43)30(48-32-27(39)26(38)25(37)19(7)45-32)17(5)28(18(6)31(41)46-21)47-22-13-33(9,42)29(40)20(8)44-22/h14-22,24-30,32,36-40,42-43H,11-13H2,1-10H3/t14-,15+,16+,17+,18-,19?,20?,21-,22+,24+,25+,26?,27?,28+,29+,30-,32?,33?,34-/m1/s1. The molecule has 0 aliphatic carbocycles. The fraction of sp³-hybridized carbons (Fsp3) is 0.941. The van der Waals surface area contributed by atoms with E-state index in [1.165, 1.54) is 20.8 Å². The first-order valence-corrected chi connectivity index (χ1v) is 17.3. The molecule has 3 heterocycles. The van der Waals surface area contributed by atoms with Crippen LogP contribution in [0.15, 0.2) is 0 Å². The molecule has 14 nitrogen and oxygen atoms in total. The van der Waals surface area contributed by atoms with Gasteiger partial charge in [0.25, 0.3) is 0 Å². The number of aliphatic hydroxyl groups is 7. The molecule has 0 bridgehead atoms. The van der Waals surface area contributed by atoms with Gasteiger partial charge in [-0.25, -0.2) is 0 Å². The van der Waals surface area contributed by atoms with Gasteiger partial charge >= 0.3 is 5.97 Å². The smallest absolute Gasteiger partial charge is 0.311 e. The minimum atomic E-state index is -1.87. The summed E-state index contributed by atoms with van der Waals surface area (Å²) in [6.45, 7) is 15.9. The highest BCUT2D eigenvalue weighted by molar-refractivity contribution is 5.83. The molecule has 0 aromatic rings. The maximum atomic E-state index is 13.9. The molecule has 0 amide bonds. The molecule has 19 atom stereocenters. The highest BCUT2D eigenvalue weighted by Crippen LogP contribution is 2.39. The summed E-state index contributed by atoms with van der Waals surface area (Å²) in [6, 6.07) is 0. The van der Waals surface area contributed by atoms with E-state index in [-0.39, 0.29) is 18.6 Å². The Bertz CT molecular complexity index is 1080. The van der Waals surface area contributed by atoms with Crippen LogP contribution in [0.3, 0.4) is 0 Å². The number of cyclic esters (lactones) is 1. The monoisotopic (exact) mass is 692 g/mol. The lowest BCUT2D eigenvalue weighted by Gasteiger charge is -2.48. The SMILES string of the molecule is CC[C@H]1OC(=O)[C@H](C)[C@@H](O[C@H]2CC(C)(O)[C@@H](O)C(C)O2)[C@H](C)[C@@H](OC2OC(C)[C@H](O)C(O)C2O)[C@](C)(O)C[C@@H](C)C(=O)[C@H](C)[C@@H](O)[C@H]1C. The van der Waals surface area contributed by atoms with Gasteiger partial charge in [-0.05, 0) is 47.5 Å². The lowest BCUT2D eigenvalue weighted by Crippen LogP contribution is -2.61. The van der Waals surface area contributed by atoms with Gasteiger partial charge in [-0.1, -0.05) is 34.6 Å². The molecule has 6 unspecified atom stereocenters. The van der Waals surface area contributed by atoms with Gasteiger partial charge in [0.1, 0.15) is 36.3 Å². The fourth-order valence-electron chi connectivity index (χ4n) is 7.64. The lowest BCUT2D eigenvalue weighted by atomic mass is 9.74. The molecule has 0 aromatic heterocycles. The second-order valence-electron chi connectivity index (χ2n) is 15.2. The van der Waals surface area contributed by atoms with Crippen LogP contribution in [-0.4, -0.2) is 132 Å². The maximum absolute atomic E-state index is 13.9. The summed E-state index contributed by atoms with van der Waals surface area (Å²) in [6.07, 6.45) is -14.9. The van der Waals surface area contributed by atoms with E-state index in [0.29, 0.717) is 6.42 Å². The molecule has 3 rings (SSSR count). The van der Waals surface area contributed by atoms with Gasteiger partial charge in [0.05, 0.1) is 47.6 Å². The molecule has 280 valence electrons. The van der Waals surface area contributed by atoms with E-state index in [1.54, 1.807) is 48.5 Å². The van der Waals surface area contributed by atoms with Gasteiger partial charge in [-0.2, -0.15) is 0 Å². The molecule has 7 N–H and O–H groups in total. The lowest BCUT2D eigenvalue weighted by molar-refractivity contribution is -0.332. The maximum Gasteiger partial charge on any atom is 0.311 e. The molecule has 3 fully saturated rings. The highest BCUT2D eigenvalue weighted by Gasteiger charge is 2.52. The zero-order chi connectivity index (χ0) is 36.6. The van der Waals surface area contributed by atoms with E-state index >= 15 is 0 Å². The molecule has 48 heavy (non-hydrogen) atoms. The Morgan fingerprint density at radius 1 is 0.729 bits per heavy atom. The van der Waals surface area contributed by atoms with Crippen LogP contribution in [0.5, 0.6) is 0 Å².